The zero-order chi connectivity index (χ0) is 13.7. The van der Waals surface area contributed by atoms with Crippen LogP contribution in [0.3, 0.4) is 0 Å². The molecule has 0 aromatic carbocycles. The van der Waals surface area contributed by atoms with E-state index in [0.717, 1.165) is 18.7 Å². The summed E-state index contributed by atoms with van der Waals surface area (Å²) in [6.07, 6.45) is 4.78. The molecule has 0 bridgehead atoms. The van der Waals surface area contributed by atoms with Gasteiger partial charge in [0.15, 0.2) is 0 Å². The minimum atomic E-state index is 0. The summed E-state index contributed by atoms with van der Waals surface area (Å²) in [5.41, 5.74) is 1.10. The van der Waals surface area contributed by atoms with E-state index in [9.17, 15) is 4.79 Å². The number of hydrogen-bond donors (Lipinski definition) is 2. The van der Waals surface area contributed by atoms with Crippen molar-refractivity contribution in [2.75, 3.05) is 18.4 Å². The zero-order valence-electron chi connectivity index (χ0n) is 12.6. The highest BCUT2D eigenvalue weighted by Crippen LogP contribution is 2.22. The number of amides is 1. The van der Waals surface area contributed by atoms with Crippen molar-refractivity contribution in [2.24, 2.45) is 11.8 Å². The van der Waals surface area contributed by atoms with Gasteiger partial charge in [-0.3, -0.25) is 4.79 Å². The molecule has 1 amide bonds. The van der Waals surface area contributed by atoms with Crippen LogP contribution in [0.1, 0.15) is 31.7 Å². The molecule has 0 spiro atoms. The average molecular weight is 334 g/mol. The maximum atomic E-state index is 12.0. The van der Waals surface area contributed by atoms with E-state index in [1.807, 2.05) is 19.1 Å². The number of pyridine rings is 1. The number of piperidine rings is 1. The number of aryl methyl sites for hydroxylation is 1. The topological polar surface area (TPSA) is 54.0 Å². The highest BCUT2D eigenvalue weighted by Gasteiger charge is 2.22. The lowest BCUT2D eigenvalue weighted by Crippen LogP contribution is -2.34. The van der Waals surface area contributed by atoms with E-state index in [2.05, 4.69) is 22.5 Å². The van der Waals surface area contributed by atoms with Crippen molar-refractivity contribution >= 4 is 36.5 Å². The lowest BCUT2D eigenvalue weighted by atomic mass is 9.85. The van der Waals surface area contributed by atoms with Gasteiger partial charge in [0.1, 0.15) is 5.82 Å². The van der Waals surface area contributed by atoms with Gasteiger partial charge in [-0.15, -0.1) is 24.8 Å². The Morgan fingerprint density at radius 3 is 2.81 bits per heavy atom. The van der Waals surface area contributed by atoms with Gasteiger partial charge in [-0.05, 0) is 56.3 Å². The summed E-state index contributed by atoms with van der Waals surface area (Å²) in [6, 6.07) is 3.80. The third-order valence-corrected chi connectivity index (χ3v) is 3.83. The summed E-state index contributed by atoms with van der Waals surface area (Å²) in [5.74, 6) is 1.74. The molecule has 2 atom stereocenters. The molecule has 6 heteroatoms. The first-order chi connectivity index (χ1) is 9.15. The quantitative estimate of drug-likeness (QED) is 0.889. The van der Waals surface area contributed by atoms with Crippen LogP contribution in [0, 0.1) is 18.8 Å². The highest BCUT2D eigenvalue weighted by molar-refractivity contribution is 5.89. The summed E-state index contributed by atoms with van der Waals surface area (Å²) in [5, 5.41) is 6.27. The third kappa shape index (κ3) is 6.64. The van der Waals surface area contributed by atoms with Crippen LogP contribution in [0.2, 0.25) is 0 Å². The molecule has 2 heterocycles. The number of nitrogens with one attached hydrogen (secondary N) is 2. The first-order valence-electron chi connectivity index (χ1n) is 7.08. The Morgan fingerprint density at radius 1 is 1.48 bits per heavy atom. The van der Waals surface area contributed by atoms with E-state index in [1.54, 1.807) is 6.20 Å². The zero-order valence-corrected chi connectivity index (χ0v) is 14.2. The molecule has 0 radical (unpaired) electrons. The fourth-order valence-electron chi connectivity index (χ4n) is 2.56. The summed E-state index contributed by atoms with van der Waals surface area (Å²) >= 11 is 0. The molecule has 0 aliphatic carbocycles. The van der Waals surface area contributed by atoms with E-state index >= 15 is 0 Å². The molecule has 2 rings (SSSR count). The Kier molecular flexibility index (Phi) is 9.58. The van der Waals surface area contributed by atoms with E-state index < -0.39 is 0 Å². The largest absolute Gasteiger partial charge is 0.316 e. The Bertz CT molecular complexity index is 419. The van der Waals surface area contributed by atoms with Gasteiger partial charge in [-0.25, -0.2) is 4.98 Å². The Labute approximate surface area is 139 Å². The van der Waals surface area contributed by atoms with Crippen LogP contribution in [0.25, 0.3) is 0 Å². The van der Waals surface area contributed by atoms with Crippen LogP contribution in [0.15, 0.2) is 18.3 Å². The van der Waals surface area contributed by atoms with Gasteiger partial charge in [0, 0.05) is 12.6 Å². The molecular weight excluding hydrogens is 309 g/mol. The number of aromatic nitrogens is 1. The standard InChI is InChI=1S/C15H23N3O.2ClH/c1-11-5-6-14(17-9-11)18-15(19)8-12(2)13-4-3-7-16-10-13;;/h5-6,9,12-13,16H,3-4,7-8,10H2,1-2H3,(H,17,18,19);2*1H. The molecule has 21 heavy (non-hydrogen) atoms. The maximum Gasteiger partial charge on any atom is 0.225 e. The summed E-state index contributed by atoms with van der Waals surface area (Å²) < 4.78 is 0. The first-order valence-corrected chi connectivity index (χ1v) is 7.08. The third-order valence-electron chi connectivity index (χ3n) is 3.83. The lowest BCUT2D eigenvalue weighted by Gasteiger charge is -2.27. The van der Waals surface area contributed by atoms with Gasteiger partial charge in [0.05, 0.1) is 0 Å². The predicted molar refractivity (Wildman–Crippen MR) is 91.5 cm³/mol. The van der Waals surface area contributed by atoms with Crippen molar-refractivity contribution in [1.29, 1.82) is 0 Å². The molecule has 4 nitrogen and oxygen atoms in total. The monoisotopic (exact) mass is 333 g/mol. The van der Waals surface area contributed by atoms with Crippen LogP contribution in [0.4, 0.5) is 5.82 Å². The molecule has 120 valence electrons. The number of halogens is 2. The highest BCUT2D eigenvalue weighted by atomic mass is 35.5. The summed E-state index contributed by atoms with van der Waals surface area (Å²) in [4.78, 5) is 16.2. The number of rotatable bonds is 4. The normalized spacial score (nSPS) is 18.9. The van der Waals surface area contributed by atoms with Crippen LogP contribution >= 0.6 is 24.8 Å². The molecule has 1 fully saturated rings. The Hall–Kier alpha value is -0.840. The van der Waals surface area contributed by atoms with Crippen LogP contribution in [-0.4, -0.2) is 24.0 Å². The molecule has 0 saturated carbocycles. The van der Waals surface area contributed by atoms with Crippen molar-refractivity contribution in [3.63, 3.8) is 0 Å². The molecule has 2 unspecified atom stereocenters. The predicted octanol–water partition coefficient (Wildman–Crippen LogP) is 3.20. The second-order valence-electron chi connectivity index (χ2n) is 5.56. The lowest BCUT2D eigenvalue weighted by molar-refractivity contribution is -0.117. The molecule has 1 aromatic rings. The Morgan fingerprint density at radius 2 is 2.24 bits per heavy atom. The Balaban J connectivity index is 0.00000200. The van der Waals surface area contributed by atoms with Gasteiger partial charge < -0.3 is 10.6 Å². The van der Waals surface area contributed by atoms with E-state index in [-0.39, 0.29) is 30.7 Å². The molecule has 1 aliphatic heterocycles. The van der Waals surface area contributed by atoms with Crippen LogP contribution in [-0.2, 0) is 4.79 Å². The second kappa shape index (κ2) is 9.98. The fraction of sp³-hybridized carbons (Fsp3) is 0.600. The number of carbonyl (C=O) groups is 1. The second-order valence-corrected chi connectivity index (χ2v) is 5.56. The van der Waals surface area contributed by atoms with Gasteiger partial charge in [-0.1, -0.05) is 13.0 Å². The van der Waals surface area contributed by atoms with Gasteiger partial charge >= 0.3 is 0 Å². The van der Waals surface area contributed by atoms with Crippen LogP contribution < -0.4 is 10.6 Å². The van der Waals surface area contributed by atoms with Crippen molar-refractivity contribution in [1.82, 2.24) is 10.3 Å². The first kappa shape index (κ1) is 20.2. The summed E-state index contributed by atoms with van der Waals surface area (Å²) in [7, 11) is 0. The van der Waals surface area contributed by atoms with Crippen molar-refractivity contribution < 1.29 is 4.79 Å². The van der Waals surface area contributed by atoms with E-state index in [4.69, 9.17) is 0 Å². The SMILES string of the molecule is Cc1ccc(NC(=O)CC(C)C2CCCNC2)nc1.Cl.Cl. The molecular formula is C15H25Cl2N3O. The summed E-state index contributed by atoms with van der Waals surface area (Å²) in [6.45, 7) is 6.30. The molecule has 1 saturated heterocycles. The van der Waals surface area contributed by atoms with Gasteiger partial charge in [-0.2, -0.15) is 0 Å². The number of carbonyl (C=O) groups excluding carboxylic acids is 1. The number of hydrogen-bond acceptors (Lipinski definition) is 3. The van der Waals surface area contributed by atoms with E-state index in [1.165, 1.54) is 12.8 Å². The van der Waals surface area contributed by atoms with Crippen molar-refractivity contribution in [3.8, 4) is 0 Å². The van der Waals surface area contributed by atoms with Crippen molar-refractivity contribution in [2.45, 2.75) is 33.1 Å². The average Bonchev–Trinajstić information content (AvgIpc) is 2.42. The van der Waals surface area contributed by atoms with Crippen molar-refractivity contribution in [3.05, 3.63) is 23.9 Å². The minimum absolute atomic E-state index is 0. The van der Waals surface area contributed by atoms with Gasteiger partial charge in [0.2, 0.25) is 5.91 Å². The minimum Gasteiger partial charge on any atom is -0.316 e. The van der Waals surface area contributed by atoms with Gasteiger partial charge in [0.25, 0.3) is 0 Å². The maximum absolute atomic E-state index is 12.0. The number of anilines is 1. The smallest absolute Gasteiger partial charge is 0.225 e. The number of nitrogens with zero attached hydrogens (tertiary/aromatic N) is 1. The molecule has 2 N–H and O–H groups in total. The van der Waals surface area contributed by atoms with E-state index in [0.29, 0.717) is 24.1 Å². The van der Waals surface area contributed by atoms with Crippen LogP contribution in [0.5, 0.6) is 0 Å². The molecule has 1 aliphatic rings. The fourth-order valence-corrected chi connectivity index (χ4v) is 2.56. The molecule has 1 aromatic heterocycles.